The van der Waals surface area contributed by atoms with Crippen molar-refractivity contribution >= 4 is 5.97 Å². The van der Waals surface area contributed by atoms with Gasteiger partial charge in [-0.1, -0.05) is 24.3 Å². The Hall–Kier alpha value is -1.05. The maximum Gasteiger partial charge on any atom is 0.313 e. The van der Waals surface area contributed by atoms with Gasteiger partial charge in [0, 0.05) is 0 Å². The number of hydrogen-bond acceptors (Lipinski definition) is 1. The zero-order valence-corrected chi connectivity index (χ0v) is 10.1. The van der Waals surface area contributed by atoms with E-state index in [4.69, 9.17) is 5.11 Å². The lowest BCUT2D eigenvalue weighted by Crippen LogP contribution is -2.23. The van der Waals surface area contributed by atoms with E-state index in [2.05, 4.69) is 18.2 Å². The van der Waals surface area contributed by atoms with Gasteiger partial charge in [-0.25, -0.2) is 0 Å². The smallest absolute Gasteiger partial charge is 0.313 e. The highest BCUT2D eigenvalue weighted by Gasteiger charge is 2.46. The number of allylic oxidation sites excluding steroid dienone is 3. The van der Waals surface area contributed by atoms with E-state index >= 15 is 0 Å². The number of fused-ring (bicyclic) bond motifs is 4. The minimum absolute atomic E-state index is 0.454. The predicted molar refractivity (Wildman–Crippen MR) is 66.5 cm³/mol. The quantitative estimate of drug-likeness (QED) is 0.703. The van der Waals surface area contributed by atoms with Gasteiger partial charge in [-0.3, -0.25) is 4.79 Å². The lowest BCUT2D eigenvalue weighted by atomic mass is 9.88. The van der Waals surface area contributed by atoms with Crippen molar-refractivity contribution in [1.82, 2.24) is 0 Å². The van der Waals surface area contributed by atoms with Crippen molar-refractivity contribution in [1.29, 1.82) is 0 Å². The van der Waals surface area contributed by atoms with Crippen LogP contribution in [0.5, 0.6) is 0 Å². The average molecular weight is 232 g/mol. The average Bonchev–Trinajstić information content (AvgIpc) is 3.11. The van der Waals surface area contributed by atoms with Crippen LogP contribution in [0.1, 0.15) is 38.5 Å². The van der Waals surface area contributed by atoms with Crippen molar-refractivity contribution in [2.75, 3.05) is 0 Å². The Morgan fingerprint density at radius 3 is 1.94 bits per heavy atom. The molecule has 0 radical (unpaired) electrons. The standard InChI is InChI=1S/C8H10O2.C7H10/c9-7(10)8-3-1-6(5-8)2-4-8;1-2-7-4-3-6(1)5-7/h1,3,6H,2,4-5H2,(H,9,10);1-2,6-7H,3-5H2. The third-order valence-corrected chi connectivity index (χ3v) is 4.87. The monoisotopic (exact) mass is 232 g/mol. The van der Waals surface area contributed by atoms with Crippen LogP contribution >= 0.6 is 0 Å². The van der Waals surface area contributed by atoms with Gasteiger partial charge in [0.05, 0.1) is 5.41 Å². The molecule has 0 amide bonds. The minimum Gasteiger partial charge on any atom is -0.481 e. The molecular weight excluding hydrogens is 212 g/mol. The van der Waals surface area contributed by atoms with Gasteiger partial charge in [0.2, 0.25) is 0 Å². The summed E-state index contributed by atoms with van der Waals surface area (Å²) < 4.78 is 0. The van der Waals surface area contributed by atoms with E-state index in [0.29, 0.717) is 5.92 Å². The van der Waals surface area contributed by atoms with Crippen LogP contribution in [0.2, 0.25) is 0 Å². The zero-order chi connectivity index (χ0) is 11.9. The maximum atomic E-state index is 10.7. The number of carbonyl (C=O) groups is 1. The first-order valence-corrected chi connectivity index (χ1v) is 6.79. The fourth-order valence-electron chi connectivity index (χ4n) is 3.73. The van der Waals surface area contributed by atoms with Gasteiger partial charge in [0.25, 0.3) is 0 Å². The number of carboxylic acids is 1. The molecule has 1 N–H and O–H groups in total. The Bertz CT molecular complexity index is 370. The molecule has 4 aliphatic rings. The molecule has 0 spiro atoms. The van der Waals surface area contributed by atoms with E-state index < -0.39 is 11.4 Å². The molecule has 4 atom stereocenters. The predicted octanol–water partition coefficient (Wildman–Crippen LogP) is 3.40. The van der Waals surface area contributed by atoms with Crippen LogP contribution < -0.4 is 0 Å². The number of hydrogen-bond donors (Lipinski definition) is 1. The molecule has 4 unspecified atom stereocenters. The van der Waals surface area contributed by atoms with Crippen molar-refractivity contribution in [3.8, 4) is 0 Å². The van der Waals surface area contributed by atoms with Crippen LogP contribution in [0, 0.1) is 23.2 Å². The van der Waals surface area contributed by atoms with Crippen LogP contribution in [0.3, 0.4) is 0 Å². The van der Waals surface area contributed by atoms with Crippen LogP contribution in [0.25, 0.3) is 0 Å². The Balaban J connectivity index is 0.000000113. The highest BCUT2D eigenvalue weighted by atomic mass is 16.4. The molecule has 2 heteroatoms. The summed E-state index contributed by atoms with van der Waals surface area (Å²) in [4.78, 5) is 10.7. The summed E-state index contributed by atoms with van der Waals surface area (Å²) in [6.45, 7) is 0. The molecule has 17 heavy (non-hydrogen) atoms. The third kappa shape index (κ3) is 1.94. The second-order valence-electron chi connectivity index (χ2n) is 6.04. The second kappa shape index (κ2) is 4.01. The largest absolute Gasteiger partial charge is 0.481 e. The van der Waals surface area contributed by atoms with Crippen molar-refractivity contribution in [3.63, 3.8) is 0 Å². The summed E-state index contributed by atoms with van der Waals surface area (Å²) in [5.74, 6) is 1.91. The fraction of sp³-hybridized carbons (Fsp3) is 0.667. The second-order valence-corrected chi connectivity index (χ2v) is 6.04. The van der Waals surface area contributed by atoms with Crippen LogP contribution in [0.15, 0.2) is 24.3 Å². The van der Waals surface area contributed by atoms with Gasteiger partial charge in [-0.2, -0.15) is 0 Å². The molecule has 2 saturated carbocycles. The third-order valence-electron chi connectivity index (χ3n) is 4.87. The van der Waals surface area contributed by atoms with E-state index in [0.717, 1.165) is 31.1 Å². The summed E-state index contributed by atoms with van der Waals surface area (Å²) in [6.07, 6.45) is 15.9. The Kier molecular flexibility index (Phi) is 2.61. The van der Waals surface area contributed by atoms with Gasteiger partial charge in [0.1, 0.15) is 0 Å². The highest BCUT2D eigenvalue weighted by molar-refractivity contribution is 5.78. The van der Waals surface area contributed by atoms with E-state index in [1.807, 2.05) is 6.08 Å². The summed E-state index contributed by atoms with van der Waals surface area (Å²) in [7, 11) is 0. The topological polar surface area (TPSA) is 37.3 Å². The first-order chi connectivity index (χ1) is 8.18. The Morgan fingerprint density at radius 1 is 1.06 bits per heavy atom. The zero-order valence-electron chi connectivity index (χ0n) is 10.1. The van der Waals surface area contributed by atoms with Crippen LogP contribution in [-0.4, -0.2) is 11.1 Å². The summed E-state index contributed by atoms with van der Waals surface area (Å²) in [5, 5.41) is 8.84. The molecule has 0 saturated heterocycles. The number of aliphatic carboxylic acids is 1. The first kappa shape index (κ1) is 11.1. The molecule has 0 heterocycles. The first-order valence-electron chi connectivity index (χ1n) is 6.79. The summed E-state index contributed by atoms with van der Waals surface area (Å²) >= 11 is 0. The molecule has 0 aliphatic heterocycles. The van der Waals surface area contributed by atoms with Crippen LogP contribution in [0.4, 0.5) is 0 Å². The fourth-order valence-corrected chi connectivity index (χ4v) is 3.73. The molecule has 4 aliphatic carbocycles. The number of carboxylic acid groups (broad SMARTS) is 1. The van der Waals surface area contributed by atoms with E-state index in [-0.39, 0.29) is 0 Å². The van der Waals surface area contributed by atoms with Gasteiger partial charge in [0.15, 0.2) is 0 Å². The summed E-state index contributed by atoms with van der Waals surface area (Å²) in [5.41, 5.74) is -0.454. The Morgan fingerprint density at radius 2 is 1.76 bits per heavy atom. The van der Waals surface area contributed by atoms with E-state index in [9.17, 15) is 4.79 Å². The maximum absolute atomic E-state index is 10.7. The van der Waals surface area contributed by atoms with E-state index in [1.54, 1.807) is 0 Å². The lowest BCUT2D eigenvalue weighted by Gasteiger charge is -2.15. The van der Waals surface area contributed by atoms with Crippen molar-refractivity contribution in [2.24, 2.45) is 23.2 Å². The molecule has 0 aromatic rings. The van der Waals surface area contributed by atoms with Gasteiger partial charge >= 0.3 is 5.97 Å². The molecule has 0 aromatic carbocycles. The van der Waals surface area contributed by atoms with Gasteiger partial charge < -0.3 is 5.11 Å². The molecular formula is C15H20O2. The van der Waals surface area contributed by atoms with Crippen molar-refractivity contribution in [2.45, 2.75) is 38.5 Å². The molecule has 2 fully saturated rings. The molecule has 0 aromatic heterocycles. The van der Waals surface area contributed by atoms with Crippen molar-refractivity contribution in [3.05, 3.63) is 24.3 Å². The number of rotatable bonds is 1. The lowest BCUT2D eigenvalue weighted by molar-refractivity contribution is -0.145. The molecule has 4 rings (SSSR count). The minimum atomic E-state index is -0.635. The van der Waals surface area contributed by atoms with Crippen molar-refractivity contribution < 1.29 is 9.90 Å². The Labute approximate surface area is 102 Å². The SMILES string of the molecule is C1=CC2CCC1C2.O=C(O)C12C=CC(CC1)C2. The van der Waals surface area contributed by atoms with Gasteiger partial charge in [-0.15, -0.1) is 0 Å². The normalized spacial score (nSPS) is 43.9. The molecule has 2 nitrogen and oxygen atoms in total. The molecule has 92 valence electrons. The van der Waals surface area contributed by atoms with Gasteiger partial charge in [-0.05, 0) is 56.3 Å². The van der Waals surface area contributed by atoms with Crippen LogP contribution in [-0.2, 0) is 4.79 Å². The highest BCUT2D eigenvalue weighted by Crippen LogP contribution is 2.49. The van der Waals surface area contributed by atoms with E-state index in [1.165, 1.54) is 19.3 Å². The summed E-state index contributed by atoms with van der Waals surface area (Å²) in [6, 6.07) is 0. The molecule has 4 bridgehead atoms.